The summed E-state index contributed by atoms with van der Waals surface area (Å²) in [5.41, 5.74) is 4.39. The zero-order chi connectivity index (χ0) is 18.4. The molecule has 0 saturated heterocycles. The second-order valence-corrected chi connectivity index (χ2v) is 6.52. The minimum Gasteiger partial charge on any atom is -0.493 e. The van der Waals surface area contributed by atoms with E-state index in [1.54, 1.807) is 7.11 Å². The van der Waals surface area contributed by atoms with Crippen molar-refractivity contribution in [2.45, 2.75) is 20.1 Å². The van der Waals surface area contributed by atoms with E-state index in [1.165, 1.54) is 5.56 Å². The van der Waals surface area contributed by atoms with Gasteiger partial charge in [0.2, 0.25) is 0 Å². The van der Waals surface area contributed by atoms with Crippen LogP contribution in [0, 0.1) is 6.92 Å². The third kappa shape index (κ3) is 4.70. The quantitative estimate of drug-likeness (QED) is 0.568. The van der Waals surface area contributed by atoms with Crippen LogP contribution in [0.1, 0.15) is 16.7 Å². The Morgan fingerprint density at radius 2 is 1.65 bits per heavy atom. The fourth-order valence-corrected chi connectivity index (χ4v) is 2.76. The van der Waals surface area contributed by atoms with Gasteiger partial charge >= 0.3 is 0 Å². The van der Waals surface area contributed by atoms with Gasteiger partial charge in [0, 0.05) is 22.8 Å². The molecule has 4 heteroatoms. The molecule has 3 nitrogen and oxygen atoms in total. The maximum Gasteiger partial charge on any atom is 0.166 e. The lowest BCUT2D eigenvalue weighted by Gasteiger charge is -2.16. The van der Waals surface area contributed by atoms with Crippen molar-refractivity contribution in [3.63, 3.8) is 0 Å². The van der Waals surface area contributed by atoms with E-state index < -0.39 is 0 Å². The molecule has 0 atom stereocenters. The summed E-state index contributed by atoms with van der Waals surface area (Å²) in [4.78, 5) is 0. The first-order chi connectivity index (χ1) is 12.7. The standard InChI is InChI=1S/C22H22ClNO2/c1-16-6-8-17(9-7-16)15-26-22-18(4-3-5-21(22)25-2)14-24-20-12-10-19(23)11-13-20/h3-13,24H,14-15H2,1-2H3. The summed E-state index contributed by atoms with van der Waals surface area (Å²) in [5, 5.41) is 4.11. The Morgan fingerprint density at radius 1 is 0.923 bits per heavy atom. The van der Waals surface area contributed by atoms with Crippen LogP contribution < -0.4 is 14.8 Å². The highest BCUT2D eigenvalue weighted by Crippen LogP contribution is 2.32. The molecule has 26 heavy (non-hydrogen) atoms. The van der Waals surface area contributed by atoms with Gasteiger partial charge in [-0.15, -0.1) is 0 Å². The zero-order valence-corrected chi connectivity index (χ0v) is 15.7. The van der Waals surface area contributed by atoms with Crippen molar-refractivity contribution >= 4 is 17.3 Å². The Balaban J connectivity index is 1.74. The van der Waals surface area contributed by atoms with Crippen LogP contribution >= 0.6 is 11.6 Å². The number of rotatable bonds is 7. The van der Waals surface area contributed by atoms with Crippen LogP contribution in [-0.2, 0) is 13.2 Å². The van der Waals surface area contributed by atoms with Crippen molar-refractivity contribution in [2.75, 3.05) is 12.4 Å². The maximum absolute atomic E-state index is 6.11. The van der Waals surface area contributed by atoms with Crippen molar-refractivity contribution in [2.24, 2.45) is 0 Å². The monoisotopic (exact) mass is 367 g/mol. The van der Waals surface area contributed by atoms with Crippen LogP contribution in [0.2, 0.25) is 5.02 Å². The number of para-hydroxylation sites is 1. The summed E-state index contributed by atoms with van der Waals surface area (Å²) in [6, 6.07) is 21.9. The second kappa shape index (κ2) is 8.63. The first-order valence-corrected chi connectivity index (χ1v) is 8.87. The largest absolute Gasteiger partial charge is 0.493 e. The Hall–Kier alpha value is -2.65. The van der Waals surface area contributed by atoms with Crippen molar-refractivity contribution in [1.82, 2.24) is 0 Å². The Bertz CT molecular complexity index is 845. The molecule has 0 fully saturated rings. The van der Waals surface area contributed by atoms with Crippen molar-refractivity contribution in [3.8, 4) is 11.5 Å². The third-order valence-corrected chi connectivity index (χ3v) is 4.36. The summed E-state index contributed by atoms with van der Waals surface area (Å²) >= 11 is 5.94. The van der Waals surface area contributed by atoms with Crippen LogP contribution in [0.25, 0.3) is 0 Å². The summed E-state index contributed by atoms with van der Waals surface area (Å²) in [6.45, 7) is 3.20. The number of halogens is 1. The number of methoxy groups -OCH3 is 1. The topological polar surface area (TPSA) is 30.5 Å². The fourth-order valence-electron chi connectivity index (χ4n) is 2.63. The van der Waals surface area contributed by atoms with Crippen LogP contribution in [0.3, 0.4) is 0 Å². The number of hydrogen-bond donors (Lipinski definition) is 1. The van der Waals surface area contributed by atoms with Crippen molar-refractivity contribution < 1.29 is 9.47 Å². The van der Waals surface area contributed by atoms with Gasteiger partial charge in [-0.25, -0.2) is 0 Å². The van der Waals surface area contributed by atoms with Gasteiger partial charge in [0.15, 0.2) is 11.5 Å². The molecule has 3 rings (SSSR count). The molecule has 0 saturated carbocycles. The number of aryl methyl sites for hydroxylation is 1. The molecular formula is C22H22ClNO2. The summed E-state index contributed by atoms with van der Waals surface area (Å²) in [7, 11) is 1.66. The Labute approximate surface area is 159 Å². The average molecular weight is 368 g/mol. The van der Waals surface area contributed by atoms with E-state index in [2.05, 4.69) is 36.5 Å². The summed E-state index contributed by atoms with van der Waals surface area (Å²) in [5.74, 6) is 1.49. The molecular weight excluding hydrogens is 346 g/mol. The molecule has 0 spiro atoms. The Kier molecular flexibility index (Phi) is 6.03. The number of anilines is 1. The van der Waals surface area contributed by atoms with E-state index in [4.69, 9.17) is 21.1 Å². The van der Waals surface area contributed by atoms with Crippen LogP contribution in [-0.4, -0.2) is 7.11 Å². The molecule has 0 bridgehead atoms. The Morgan fingerprint density at radius 3 is 2.35 bits per heavy atom. The van der Waals surface area contributed by atoms with E-state index in [9.17, 15) is 0 Å². The summed E-state index contributed by atoms with van der Waals surface area (Å²) in [6.07, 6.45) is 0. The van der Waals surface area contributed by atoms with Gasteiger partial charge in [0.05, 0.1) is 7.11 Å². The van der Waals surface area contributed by atoms with Gasteiger partial charge in [-0.3, -0.25) is 0 Å². The highest BCUT2D eigenvalue weighted by Gasteiger charge is 2.11. The van der Waals surface area contributed by atoms with Gasteiger partial charge in [0.25, 0.3) is 0 Å². The minimum absolute atomic E-state index is 0.495. The van der Waals surface area contributed by atoms with E-state index in [-0.39, 0.29) is 0 Å². The molecule has 3 aromatic rings. The number of nitrogens with one attached hydrogen (secondary N) is 1. The lowest BCUT2D eigenvalue weighted by Crippen LogP contribution is -2.05. The van der Waals surface area contributed by atoms with E-state index in [0.717, 1.165) is 33.3 Å². The van der Waals surface area contributed by atoms with E-state index in [1.807, 2.05) is 42.5 Å². The second-order valence-electron chi connectivity index (χ2n) is 6.08. The number of benzene rings is 3. The highest BCUT2D eigenvalue weighted by molar-refractivity contribution is 6.30. The van der Waals surface area contributed by atoms with Crippen molar-refractivity contribution in [1.29, 1.82) is 0 Å². The van der Waals surface area contributed by atoms with Crippen LogP contribution in [0.15, 0.2) is 66.7 Å². The summed E-state index contributed by atoms with van der Waals surface area (Å²) < 4.78 is 11.6. The fraction of sp³-hybridized carbons (Fsp3) is 0.182. The maximum atomic E-state index is 6.11. The molecule has 0 aliphatic carbocycles. The van der Waals surface area contributed by atoms with E-state index in [0.29, 0.717) is 13.2 Å². The minimum atomic E-state index is 0.495. The predicted molar refractivity (Wildman–Crippen MR) is 107 cm³/mol. The molecule has 0 aromatic heterocycles. The van der Waals surface area contributed by atoms with Gasteiger partial charge in [0.1, 0.15) is 6.61 Å². The molecule has 3 aromatic carbocycles. The third-order valence-electron chi connectivity index (χ3n) is 4.11. The number of ether oxygens (including phenoxy) is 2. The van der Waals surface area contributed by atoms with Crippen LogP contribution in [0.5, 0.6) is 11.5 Å². The predicted octanol–water partition coefficient (Wildman–Crippen LogP) is 5.85. The lowest BCUT2D eigenvalue weighted by atomic mass is 10.1. The molecule has 0 radical (unpaired) electrons. The first kappa shape index (κ1) is 18.2. The zero-order valence-electron chi connectivity index (χ0n) is 15.0. The molecule has 0 aliphatic rings. The smallest absolute Gasteiger partial charge is 0.166 e. The van der Waals surface area contributed by atoms with Gasteiger partial charge in [-0.05, 0) is 42.8 Å². The van der Waals surface area contributed by atoms with Gasteiger partial charge in [-0.1, -0.05) is 53.6 Å². The normalized spacial score (nSPS) is 10.4. The molecule has 134 valence electrons. The molecule has 0 aliphatic heterocycles. The highest BCUT2D eigenvalue weighted by atomic mass is 35.5. The lowest BCUT2D eigenvalue weighted by molar-refractivity contribution is 0.281. The van der Waals surface area contributed by atoms with Gasteiger partial charge < -0.3 is 14.8 Å². The van der Waals surface area contributed by atoms with E-state index >= 15 is 0 Å². The SMILES string of the molecule is COc1cccc(CNc2ccc(Cl)cc2)c1OCc1ccc(C)cc1. The molecule has 0 heterocycles. The molecule has 1 N–H and O–H groups in total. The van der Waals surface area contributed by atoms with Crippen molar-refractivity contribution in [3.05, 3.63) is 88.4 Å². The number of hydrogen-bond acceptors (Lipinski definition) is 3. The first-order valence-electron chi connectivity index (χ1n) is 8.49. The molecule has 0 amide bonds. The van der Waals surface area contributed by atoms with Gasteiger partial charge in [-0.2, -0.15) is 0 Å². The van der Waals surface area contributed by atoms with Crippen LogP contribution in [0.4, 0.5) is 5.69 Å². The molecule has 0 unspecified atom stereocenters. The average Bonchev–Trinajstić information content (AvgIpc) is 2.67.